The third-order valence-electron chi connectivity index (χ3n) is 5.32. The molecule has 1 unspecified atom stereocenters. The Balaban J connectivity index is 1.65. The van der Waals surface area contributed by atoms with Gasteiger partial charge in [-0.3, -0.25) is 9.89 Å². The molecule has 3 rings (SSSR count). The van der Waals surface area contributed by atoms with Crippen LogP contribution in [0.3, 0.4) is 0 Å². The lowest BCUT2D eigenvalue weighted by molar-refractivity contribution is 0.0169. The van der Waals surface area contributed by atoms with Gasteiger partial charge in [0.2, 0.25) is 0 Å². The first-order chi connectivity index (χ1) is 15.1. The molecule has 31 heavy (non-hydrogen) atoms. The molecule has 1 fully saturated rings. The molecule has 2 aromatic carbocycles. The number of ether oxygens (including phenoxy) is 1. The Labute approximate surface area is 187 Å². The fourth-order valence-electron chi connectivity index (χ4n) is 3.71. The molecule has 8 heteroatoms. The van der Waals surface area contributed by atoms with E-state index in [4.69, 9.17) is 4.74 Å². The molecule has 1 aliphatic rings. The van der Waals surface area contributed by atoms with Crippen LogP contribution in [0.5, 0.6) is 0 Å². The van der Waals surface area contributed by atoms with Gasteiger partial charge in [-0.05, 0) is 47.2 Å². The Kier molecular flexibility index (Phi) is 9.12. The predicted molar refractivity (Wildman–Crippen MR) is 123 cm³/mol. The maximum atomic E-state index is 13.9. The fraction of sp³-hybridized carbons (Fsp3) is 0.435. The smallest absolute Gasteiger partial charge is 0.191 e. The summed E-state index contributed by atoms with van der Waals surface area (Å²) in [6, 6.07) is 11.6. The zero-order valence-corrected chi connectivity index (χ0v) is 18.9. The van der Waals surface area contributed by atoms with Crippen LogP contribution >= 0.6 is 11.8 Å². The molecule has 1 heterocycles. The van der Waals surface area contributed by atoms with Crippen molar-refractivity contribution in [3.05, 3.63) is 70.8 Å². The molecule has 5 nitrogen and oxygen atoms in total. The number of nitrogens with one attached hydrogen (secondary N) is 2. The van der Waals surface area contributed by atoms with Crippen molar-refractivity contribution < 1.29 is 13.5 Å². The van der Waals surface area contributed by atoms with Crippen molar-refractivity contribution in [3.8, 4) is 0 Å². The summed E-state index contributed by atoms with van der Waals surface area (Å²) in [4.78, 5) is 6.62. The molecule has 0 bridgehead atoms. The van der Waals surface area contributed by atoms with Gasteiger partial charge in [0.05, 0.1) is 19.3 Å². The minimum Gasteiger partial charge on any atom is -0.379 e. The first-order valence-corrected chi connectivity index (χ1v) is 11.8. The highest BCUT2D eigenvalue weighted by atomic mass is 32.2. The number of halogens is 2. The van der Waals surface area contributed by atoms with Crippen molar-refractivity contribution in [2.24, 2.45) is 4.99 Å². The minimum atomic E-state index is -0.240. The average Bonchev–Trinajstić information content (AvgIpc) is 2.78. The number of guanidine groups is 1. The van der Waals surface area contributed by atoms with E-state index in [2.05, 4.69) is 20.5 Å². The van der Waals surface area contributed by atoms with Crippen LogP contribution in [0, 0.1) is 11.6 Å². The van der Waals surface area contributed by atoms with Crippen LogP contribution < -0.4 is 10.6 Å². The highest BCUT2D eigenvalue weighted by Gasteiger charge is 2.23. The van der Waals surface area contributed by atoms with Crippen LogP contribution in [0.25, 0.3) is 0 Å². The van der Waals surface area contributed by atoms with E-state index in [1.165, 1.54) is 12.1 Å². The summed E-state index contributed by atoms with van der Waals surface area (Å²) in [6.45, 7) is 4.04. The quantitative estimate of drug-likeness (QED) is 0.478. The lowest BCUT2D eigenvalue weighted by Gasteiger charge is -2.35. The number of aliphatic imine (C=N–C) groups is 1. The number of thioether (sulfide) groups is 1. The largest absolute Gasteiger partial charge is 0.379 e. The molecule has 0 saturated carbocycles. The van der Waals surface area contributed by atoms with Gasteiger partial charge in [0.25, 0.3) is 0 Å². The maximum Gasteiger partial charge on any atom is 0.191 e. The number of hydrogen-bond donors (Lipinski definition) is 2. The van der Waals surface area contributed by atoms with Gasteiger partial charge < -0.3 is 15.4 Å². The van der Waals surface area contributed by atoms with E-state index in [0.717, 1.165) is 35.5 Å². The lowest BCUT2D eigenvalue weighted by atomic mass is 10.0. The predicted octanol–water partition coefficient (Wildman–Crippen LogP) is 3.57. The maximum absolute atomic E-state index is 13.9. The normalized spacial score (nSPS) is 16.2. The number of morpholine rings is 1. The molecule has 0 aromatic heterocycles. The molecule has 1 saturated heterocycles. The van der Waals surface area contributed by atoms with E-state index in [1.807, 2.05) is 18.4 Å². The summed E-state index contributed by atoms with van der Waals surface area (Å²) in [6.07, 6.45) is 2.00. The first-order valence-electron chi connectivity index (χ1n) is 10.4. The van der Waals surface area contributed by atoms with Gasteiger partial charge in [-0.15, -0.1) is 0 Å². The third-order valence-corrected chi connectivity index (χ3v) is 5.92. The number of nitrogens with zero attached hydrogens (tertiary/aromatic N) is 2. The number of hydrogen-bond acceptors (Lipinski definition) is 4. The summed E-state index contributed by atoms with van der Waals surface area (Å²) in [5, 5.41) is 6.69. The highest BCUT2D eigenvalue weighted by molar-refractivity contribution is 7.97. The summed E-state index contributed by atoms with van der Waals surface area (Å²) in [5.41, 5.74) is 2.93. The van der Waals surface area contributed by atoms with Crippen LogP contribution in [0.4, 0.5) is 8.78 Å². The van der Waals surface area contributed by atoms with Crippen molar-refractivity contribution in [2.45, 2.75) is 18.3 Å². The molecule has 2 N–H and O–H groups in total. The summed E-state index contributed by atoms with van der Waals surface area (Å²) >= 11 is 1.66. The van der Waals surface area contributed by atoms with Gasteiger partial charge in [0.1, 0.15) is 11.6 Å². The van der Waals surface area contributed by atoms with Gasteiger partial charge in [-0.25, -0.2) is 8.78 Å². The molecular weight excluding hydrogens is 418 g/mol. The number of rotatable bonds is 8. The van der Waals surface area contributed by atoms with Crippen LogP contribution in [-0.4, -0.2) is 57.0 Å². The summed E-state index contributed by atoms with van der Waals surface area (Å²) in [5.74, 6) is 0.934. The second kappa shape index (κ2) is 12.0. The van der Waals surface area contributed by atoms with Gasteiger partial charge in [0, 0.05) is 39.0 Å². The van der Waals surface area contributed by atoms with Crippen molar-refractivity contribution in [1.29, 1.82) is 0 Å². The summed E-state index contributed by atoms with van der Waals surface area (Å²) in [7, 11) is 1.72. The van der Waals surface area contributed by atoms with Crippen molar-refractivity contribution in [1.82, 2.24) is 15.5 Å². The van der Waals surface area contributed by atoms with E-state index in [-0.39, 0.29) is 17.7 Å². The number of benzene rings is 2. The molecule has 0 radical (unpaired) electrons. The van der Waals surface area contributed by atoms with Crippen molar-refractivity contribution in [2.75, 3.05) is 46.2 Å². The van der Waals surface area contributed by atoms with Gasteiger partial charge in [-0.2, -0.15) is 11.8 Å². The van der Waals surface area contributed by atoms with E-state index in [9.17, 15) is 8.78 Å². The molecule has 168 valence electrons. The standard InChI is InChI=1S/C23H30F2N4OS/c1-26-23(27-14-18-6-7-21(25)13-19(18)16-31-2)28-15-22(29-8-10-30-11-9-29)17-4-3-5-20(24)12-17/h3-7,12-13,22H,8-11,14-16H2,1-2H3,(H2,26,27,28). The average molecular weight is 449 g/mol. The SMILES string of the molecule is CN=C(NCc1ccc(F)cc1CSC)NCC(c1cccc(F)c1)N1CCOCC1. The van der Waals surface area contributed by atoms with Crippen molar-refractivity contribution in [3.63, 3.8) is 0 Å². The third kappa shape index (κ3) is 6.92. The molecular formula is C23H30F2N4OS. The van der Waals surface area contributed by atoms with Gasteiger partial charge in [-0.1, -0.05) is 18.2 Å². The minimum absolute atomic E-state index is 0.00368. The zero-order chi connectivity index (χ0) is 22.1. The molecule has 0 aliphatic carbocycles. The van der Waals surface area contributed by atoms with Gasteiger partial charge >= 0.3 is 0 Å². The Hall–Kier alpha value is -2.16. The Bertz CT molecular complexity index is 874. The first kappa shape index (κ1) is 23.5. The lowest BCUT2D eigenvalue weighted by Crippen LogP contribution is -2.46. The van der Waals surface area contributed by atoms with Crippen molar-refractivity contribution >= 4 is 17.7 Å². The van der Waals surface area contributed by atoms with E-state index in [1.54, 1.807) is 37.0 Å². The Morgan fingerprint density at radius 2 is 1.87 bits per heavy atom. The van der Waals surface area contributed by atoms with Crippen LogP contribution in [-0.2, 0) is 17.0 Å². The van der Waals surface area contributed by atoms with E-state index in [0.29, 0.717) is 32.3 Å². The van der Waals surface area contributed by atoms with Crippen LogP contribution in [0.1, 0.15) is 22.7 Å². The van der Waals surface area contributed by atoms with E-state index < -0.39 is 0 Å². The molecule has 0 spiro atoms. The summed E-state index contributed by atoms with van der Waals surface area (Å²) < 4.78 is 33.0. The van der Waals surface area contributed by atoms with E-state index >= 15 is 0 Å². The fourth-order valence-corrected chi connectivity index (χ4v) is 4.29. The monoisotopic (exact) mass is 448 g/mol. The highest BCUT2D eigenvalue weighted by Crippen LogP contribution is 2.22. The second-order valence-electron chi connectivity index (χ2n) is 7.37. The molecule has 2 aromatic rings. The zero-order valence-electron chi connectivity index (χ0n) is 18.0. The van der Waals surface area contributed by atoms with Gasteiger partial charge in [0.15, 0.2) is 5.96 Å². The molecule has 1 atom stereocenters. The van der Waals surface area contributed by atoms with Crippen LogP contribution in [0.15, 0.2) is 47.5 Å². The molecule has 0 amide bonds. The molecule has 1 aliphatic heterocycles. The second-order valence-corrected chi connectivity index (χ2v) is 8.24. The van der Waals surface area contributed by atoms with Crippen LogP contribution in [0.2, 0.25) is 0 Å². The topological polar surface area (TPSA) is 48.9 Å². The Morgan fingerprint density at radius 3 is 2.58 bits per heavy atom. The Morgan fingerprint density at radius 1 is 1.10 bits per heavy atom.